The average molecular weight is 235 g/mol. The molecule has 0 fully saturated rings. The molecule has 1 rings (SSSR count). The van der Waals surface area contributed by atoms with E-state index in [0.717, 1.165) is 6.42 Å². The summed E-state index contributed by atoms with van der Waals surface area (Å²) < 4.78 is 0. The van der Waals surface area contributed by atoms with Gasteiger partial charge in [-0.2, -0.15) is 0 Å². The molecule has 0 heterocycles. The van der Waals surface area contributed by atoms with E-state index in [1.807, 2.05) is 13.1 Å². The number of hydrogen-bond acceptors (Lipinski definition) is 2. The molecule has 0 aromatic heterocycles. The molecule has 0 aliphatic rings. The smallest absolute Gasteiger partial charge is 0.0317 e. The van der Waals surface area contributed by atoms with Crippen LogP contribution < -0.4 is 5.32 Å². The van der Waals surface area contributed by atoms with Gasteiger partial charge in [0.15, 0.2) is 0 Å². The number of rotatable bonds is 7. The van der Waals surface area contributed by atoms with Crippen LogP contribution in [-0.4, -0.2) is 13.3 Å². The maximum Gasteiger partial charge on any atom is 0.0317 e. The van der Waals surface area contributed by atoms with Gasteiger partial charge in [0.25, 0.3) is 0 Å². The summed E-state index contributed by atoms with van der Waals surface area (Å²) >= 11 is 1.78. The van der Waals surface area contributed by atoms with Crippen molar-refractivity contribution in [1.29, 1.82) is 0 Å². The first-order valence-electron chi connectivity index (χ1n) is 5.74. The number of thioether (sulfide) groups is 1. The van der Waals surface area contributed by atoms with Gasteiger partial charge in [-0.05, 0) is 50.3 Å². The van der Waals surface area contributed by atoms with E-state index < -0.39 is 0 Å². The topological polar surface area (TPSA) is 12.0 Å². The van der Waals surface area contributed by atoms with Crippen LogP contribution in [0.25, 0.3) is 0 Å². The van der Waals surface area contributed by atoms with E-state index in [9.17, 15) is 0 Å². The van der Waals surface area contributed by atoms with Gasteiger partial charge < -0.3 is 5.32 Å². The molecule has 0 aliphatic heterocycles. The van der Waals surface area contributed by atoms with Crippen LogP contribution in [0.4, 0.5) is 0 Å². The normalized spacial score (nSPS) is 12.4. The van der Waals surface area contributed by atoms with Crippen LogP contribution in [0.15, 0.2) is 41.8 Å². The van der Waals surface area contributed by atoms with Gasteiger partial charge in [0, 0.05) is 10.9 Å². The van der Waals surface area contributed by atoms with E-state index in [1.54, 1.807) is 11.8 Å². The van der Waals surface area contributed by atoms with E-state index in [2.05, 4.69) is 42.4 Å². The molecule has 1 aromatic carbocycles. The second-order valence-corrected chi connectivity index (χ2v) is 4.71. The fourth-order valence-corrected chi connectivity index (χ4v) is 2.19. The quantitative estimate of drug-likeness (QED) is 0.435. The minimum absolute atomic E-state index is 0.468. The maximum absolute atomic E-state index is 3.76. The lowest BCUT2D eigenvalue weighted by Crippen LogP contribution is -2.16. The molecule has 1 N–H and O–H groups in total. The summed E-state index contributed by atoms with van der Waals surface area (Å²) in [4.78, 5) is 1.32. The molecule has 0 aliphatic carbocycles. The summed E-state index contributed by atoms with van der Waals surface area (Å²) in [6.45, 7) is 3.76. The summed E-state index contributed by atoms with van der Waals surface area (Å²) in [5.41, 5.74) is 1.38. The Morgan fingerprint density at radius 1 is 1.38 bits per heavy atom. The first kappa shape index (κ1) is 13.3. The molecule has 0 radical (unpaired) electrons. The van der Waals surface area contributed by atoms with Crippen LogP contribution >= 0.6 is 11.8 Å². The number of benzene rings is 1. The Hall–Kier alpha value is -0.730. The highest BCUT2D eigenvalue weighted by molar-refractivity contribution is 7.98. The lowest BCUT2D eigenvalue weighted by molar-refractivity contribution is 0.530. The molecule has 1 atom stereocenters. The highest BCUT2D eigenvalue weighted by Crippen LogP contribution is 2.22. The molecular formula is C14H21NS. The van der Waals surface area contributed by atoms with Crippen molar-refractivity contribution < 1.29 is 0 Å². The average Bonchev–Trinajstić information content (AvgIpc) is 2.35. The van der Waals surface area contributed by atoms with Gasteiger partial charge in [-0.25, -0.2) is 0 Å². The summed E-state index contributed by atoms with van der Waals surface area (Å²) in [6, 6.07) is 9.30. The van der Waals surface area contributed by atoms with Crippen LogP contribution in [0.3, 0.4) is 0 Å². The molecule has 16 heavy (non-hydrogen) atoms. The van der Waals surface area contributed by atoms with E-state index in [4.69, 9.17) is 0 Å². The van der Waals surface area contributed by atoms with Gasteiger partial charge in [-0.15, -0.1) is 18.3 Å². The number of nitrogens with one attached hydrogen (secondary N) is 1. The molecule has 0 spiro atoms. The number of allylic oxidation sites excluding steroid dienone is 1. The van der Waals surface area contributed by atoms with Crippen molar-refractivity contribution in [1.82, 2.24) is 5.32 Å². The van der Waals surface area contributed by atoms with Crippen LogP contribution in [0.5, 0.6) is 0 Å². The van der Waals surface area contributed by atoms with Crippen molar-refractivity contribution in [2.24, 2.45) is 0 Å². The van der Waals surface area contributed by atoms with Crippen molar-refractivity contribution in [3.05, 3.63) is 42.5 Å². The van der Waals surface area contributed by atoms with Crippen molar-refractivity contribution in [2.45, 2.75) is 30.2 Å². The zero-order chi connectivity index (χ0) is 11.8. The van der Waals surface area contributed by atoms with Gasteiger partial charge in [0.2, 0.25) is 0 Å². The molecule has 0 bridgehead atoms. The van der Waals surface area contributed by atoms with Gasteiger partial charge >= 0.3 is 0 Å². The number of hydrogen-bond donors (Lipinski definition) is 1. The van der Waals surface area contributed by atoms with Crippen LogP contribution in [-0.2, 0) is 0 Å². The molecular weight excluding hydrogens is 214 g/mol. The Bertz CT molecular complexity index is 305. The second kappa shape index (κ2) is 7.53. The summed E-state index contributed by atoms with van der Waals surface area (Å²) in [5.74, 6) is 0. The highest BCUT2D eigenvalue weighted by Gasteiger charge is 2.07. The van der Waals surface area contributed by atoms with Crippen LogP contribution in [0.1, 0.15) is 30.9 Å². The monoisotopic (exact) mass is 235 g/mol. The summed E-state index contributed by atoms with van der Waals surface area (Å²) in [7, 11) is 2.03. The predicted molar refractivity (Wildman–Crippen MR) is 74.1 cm³/mol. The van der Waals surface area contributed by atoms with Crippen LogP contribution in [0.2, 0.25) is 0 Å². The van der Waals surface area contributed by atoms with Crippen molar-refractivity contribution in [2.75, 3.05) is 13.3 Å². The van der Waals surface area contributed by atoms with Crippen LogP contribution in [0, 0.1) is 0 Å². The molecule has 1 unspecified atom stereocenters. The van der Waals surface area contributed by atoms with Gasteiger partial charge in [-0.1, -0.05) is 18.2 Å². The zero-order valence-electron chi connectivity index (χ0n) is 10.2. The Morgan fingerprint density at radius 3 is 2.56 bits per heavy atom. The fourth-order valence-electron chi connectivity index (χ4n) is 1.78. The molecule has 1 nitrogen and oxygen atoms in total. The van der Waals surface area contributed by atoms with Crippen molar-refractivity contribution >= 4 is 11.8 Å². The molecule has 88 valence electrons. The van der Waals surface area contributed by atoms with E-state index >= 15 is 0 Å². The standard InChI is InChI=1S/C14H21NS/c1-4-5-6-7-14(15-2)12-8-10-13(16-3)11-9-12/h4,8-11,14-15H,1,5-7H2,2-3H3. The molecule has 0 saturated carbocycles. The first-order chi connectivity index (χ1) is 7.81. The van der Waals surface area contributed by atoms with Gasteiger partial charge in [0.1, 0.15) is 0 Å². The molecule has 0 saturated heterocycles. The number of unbranched alkanes of at least 4 members (excludes halogenated alkanes) is 1. The van der Waals surface area contributed by atoms with E-state index in [-0.39, 0.29) is 0 Å². The second-order valence-electron chi connectivity index (χ2n) is 3.83. The lowest BCUT2D eigenvalue weighted by atomic mass is 10.0. The van der Waals surface area contributed by atoms with Crippen molar-refractivity contribution in [3.8, 4) is 0 Å². The lowest BCUT2D eigenvalue weighted by Gasteiger charge is -2.16. The predicted octanol–water partition coefficient (Wildman–Crippen LogP) is 4.03. The minimum Gasteiger partial charge on any atom is -0.313 e. The third-order valence-electron chi connectivity index (χ3n) is 2.77. The van der Waals surface area contributed by atoms with E-state index in [0.29, 0.717) is 6.04 Å². The largest absolute Gasteiger partial charge is 0.313 e. The van der Waals surface area contributed by atoms with E-state index in [1.165, 1.54) is 23.3 Å². The summed E-state index contributed by atoms with van der Waals surface area (Å²) in [5, 5.41) is 3.37. The van der Waals surface area contributed by atoms with Crippen molar-refractivity contribution in [3.63, 3.8) is 0 Å². The Morgan fingerprint density at radius 2 is 2.06 bits per heavy atom. The zero-order valence-corrected chi connectivity index (χ0v) is 11.0. The molecule has 2 heteroatoms. The maximum atomic E-state index is 3.76. The third-order valence-corrected chi connectivity index (χ3v) is 3.51. The fraction of sp³-hybridized carbons (Fsp3) is 0.429. The molecule has 0 amide bonds. The van der Waals surface area contributed by atoms with Gasteiger partial charge in [-0.3, -0.25) is 0 Å². The summed E-state index contributed by atoms with van der Waals surface area (Å²) in [6.07, 6.45) is 7.56. The van der Waals surface area contributed by atoms with Gasteiger partial charge in [0.05, 0.1) is 0 Å². The first-order valence-corrected chi connectivity index (χ1v) is 6.96. The minimum atomic E-state index is 0.468. The molecule has 1 aromatic rings. The third kappa shape index (κ3) is 4.03. The Labute approximate surface area is 103 Å². The SMILES string of the molecule is C=CCCCC(NC)c1ccc(SC)cc1. The Kier molecular flexibility index (Phi) is 6.27. The Balaban J connectivity index is 2.59. The highest BCUT2D eigenvalue weighted by atomic mass is 32.2.